The Labute approximate surface area is 181 Å². The van der Waals surface area contributed by atoms with E-state index in [1.54, 1.807) is 0 Å². The Kier molecular flexibility index (Phi) is 5.69. The summed E-state index contributed by atoms with van der Waals surface area (Å²) in [6.45, 7) is 5.92. The second kappa shape index (κ2) is 8.74. The third-order valence-corrected chi connectivity index (χ3v) is 7.48. The highest BCUT2D eigenvalue weighted by Gasteiger charge is 2.28. The fraction of sp³-hybridized carbons (Fsp3) is 0.417. The minimum Gasteiger partial charge on any atom is -0.368 e. The summed E-state index contributed by atoms with van der Waals surface area (Å²) in [5.41, 5.74) is 2.35. The molecule has 2 fully saturated rings. The van der Waals surface area contributed by atoms with Gasteiger partial charge in [-0.3, -0.25) is 9.69 Å². The van der Waals surface area contributed by atoms with Gasteiger partial charge in [-0.05, 0) is 43.7 Å². The average molecular weight is 421 g/mol. The molecule has 2 aromatic carbocycles. The number of hydrogen-bond acceptors (Lipinski definition) is 5. The molecule has 3 aromatic rings. The van der Waals surface area contributed by atoms with Crippen LogP contribution >= 0.6 is 11.3 Å². The highest BCUT2D eigenvalue weighted by Crippen LogP contribution is 2.32. The summed E-state index contributed by atoms with van der Waals surface area (Å²) in [6, 6.07) is 18.9. The van der Waals surface area contributed by atoms with Gasteiger partial charge in [0.2, 0.25) is 5.91 Å². The maximum Gasteiger partial charge on any atom is 0.236 e. The summed E-state index contributed by atoms with van der Waals surface area (Å²) in [4.78, 5) is 24.6. The molecule has 5 nitrogen and oxygen atoms in total. The van der Waals surface area contributed by atoms with Crippen LogP contribution in [0.2, 0.25) is 0 Å². The summed E-state index contributed by atoms with van der Waals surface area (Å²) in [6.07, 6.45) is 2.30. The van der Waals surface area contributed by atoms with E-state index >= 15 is 0 Å². The van der Waals surface area contributed by atoms with Gasteiger partial charge in [-0.25, -0.2) is 4.98 Å². The topological polar surface area (TPSA) is 39.7 Å². The van der Waals surface area contributed by atoms with Gasteiger partial charge in [0.15, 0.2) is 0 Å². The van der Waals surface area contributed by atoms with E-state index in [2.05, 4.69) is 58.3 Å². The third kappa shape index (κ3) is 4.20. The van der Waals surface area contributed by atoms with Gasteiger partial charge in [0.1, 0.15) is 0 Å². The van der Waals surface area contributed by atoms with E-state index in [4.69, 9.17) is 4.98 Å². The number of amides is 1. The van der Waals surface area contributed by atoms with E-state index in [-0.39, 0.29) is 5.91 Å². The van der Waals surface area contributed by atoms with Crippen molar-refractivity contribution in [3.05, 3.63) is 59.6 Å². The summed E-state index contributed by atoms with van der Waals surface area (Å²) in [5, 5.41) is 1.23. The lowest BCUT2D eigenvalue weighted by atomic mass is 9.98. The maximum atomic E-state index is 12.9. The van der Waals surface area contributed by atoms with Crippen LogP contribution < -0.4 is 4.90 Å². The smallest absolute Gasteiger partial charge is 0.236 e. The van der Waals surface area contributed by atoms with Gasteiger partial charge in [-0.15, -0.1) is 11.3 Å². The normalized spacial score (nSPS) is 20.6. The number of benzene rings is 2. The first-order valence-electron chi connectivity index (χ1n) is 10.9. The summed E-state index contributed by atoms with van der Waals surface area (Å²) < 4.78 is 1.26. The molecule has 0 saturated carbocycles. The quantitative estimate of drug-likeness (QED) is 0.643. The highest BCUT2D eigenvalue weighted by molar-refractivity contribution is 7.18. The third-order valence-electron chi connectivity index (χ3n) is 6.28. The van der Waals surface area contributed by atoms with Gasteiger partial charge in [-0.1, -0.05) is 30.3 Å². The fourth-order valence-electron chi connectivity index (χ4n) is 4.61. The molecule has 156 valence electrons. The van der Waals surface area contributed by atoms with Gasteiger partial charge in [-0.2, -0.15) is 0 Å². The van der Waals surface area contributed by atoms with E-state index in [1.807, 2.05) is 22.3 Å². The number of likely N-dealkylation sites (tertiary alicyclic amines) is 1. The molecule has 1 amide bonds. The van der Waals surface area contributed by atoms with E-state index in [9.17, 15) is 4.79 Å². The zero-order valence-electron chi connectivity index (χ0n) is 17.2. The monoisotopic (exact) mass is 420 g/mol. The molecule has 5 rings (SSSR count). The molecule has 30 heavy (non-hydrogen) atoms. The summed E-state index contributed by atoms with van der Waals surface area (Å²) in [7, 11) is 0. The number of piperazine rings is 1. The molecule has 0 radical (unpaired) electrons. The Balaban J connectivity index is 1.16. The zero-order chi connectivity index (χ0) is 20.3. The summed E-state index contributed by atoms with van der Waals surface area (Å²) in [5.74, 6) is 0.714. The second-order valence-electron chi connectivity index (χ2n) is 8.30. The first-order valence-corrected chi connectivity index (χ1v) is 11.7. The van der Waals surface area contributed by atoms with Gasteiger partial charge >= 0.3 is 0 Å². The van der Waals surface area contributed by atoms with Crippen LogP contribution in [0, 0.1) is 0 Å². The SMILES string of the molecule is O=C(CN1CCC[C@@H](c2nc3ccccc3s2)C1)N1CCN(c2ccccc2)CC1. The van der Waals surface area contributed by atoms with Gasteiger partial charge in [0.25, 0.3) is 0 Å². The van der Waals surface area contributed by atoms with Crippen molar-refractivity contribution in [1.29, 1.82) is 0 Å². The average Bonchev–Trinajstić information content (AvgIpc) is 3.24. The standard InChI is InChI=1S/C24H28N4OS/c29-23(28-15-13-27(14-16-28)20-8-2-1-3-9-20)18-26-12-6-7-19(17-26)24-25-21-10-4-5-11-22(21)30-24/h1-5,8-11,19H,6-7,12-18H2/t19-/m1/s1. The molecule has 2 saturated heterocycles. The van der Waals surface area contributed by atoms with Crippen LogP contribution in [-0.2, 0) is 4.79 Å². The number of carbonyl (C=O) groups is 1. The molecule has 0 aliphatic carbocycles. The summed E-state index contributed by atoms with van der Waals surface area (Å²) >= 11 is 1.81. The number of para-hydroxylation sites is 2. The molecule has 3 heterocycles. The Hall–Kier alpha value is -2.44. The van der Waals surface area contributed by atoms with E-state index < -0.39 is 0 Å². The number of nitrogens with zero attached hydrogens (tertiary/aromatic N) is 4. The Morgan fingerprint density at radius 3 is 2.53 bits per heavy atom. The lowest BCUT2D eigenvalue weighted by molar-refractivity contribution is -0.133. The lowest BCUT2D eigenvalue weighted by Crippen LogP contribution is -2.52. The fourth-order valence-corrected chi connectivity index (χ4v) is 5.70. The van der Waals surface area contributed by atoms with E-state index in [1.165, 1.54) is 21.8 Å². The number of piperidine rings is 1. The number of hydrogen-bond donors (Lipinski definition) is 0. The number of fused-ring (bicyclic) bond motifs is 1. The Morgan fingerprint density at radius 2 is 1.73 bits per heavy atom. The van der Waals surface area contributed by atoms with Crippen molar-refractivity contribution in [3.8, 4) is 0 Å². The molecular formula is C24H28N4OS. The van der Waals surface area contributed by atoms with Crippen molar-refractivity contribution in [2.45, 2.75) is 18.8 Å². The Bertz CT molecular complexity index is 964. The molecule has 6 heteroatoms. The van der Waals surface area contributed by atoms with Crippen molar-refractivity contribution >= 4 is 33.1 Å². The van der Waals surface area contributed by atoms with Crippen LogP contribution in [0.25, 0.3) is 10.2 Å². The van der Waals surface area contributed by atoms with Gasteiger partial charge in [0.05, 0.1) is 21.8 Å². The number of anilines is 1. The first-order chi connectivity index (χ1) is 14.8. The van der Waals surface area contributed by atoms with Crippen molar-refractivity contribution < 1.29 is 4.79 Å². The molecule has 2 aliphatic heterocycles. The highest BCUT2D eigenvalue weighted by atomic mass is 32.1. The molecule has 1 aromatic heterocycles. The predicted molar refractivity (Wildman–Crippen MR) is 123 cm³/mol. The molecule has 2 aliphatic rings. The van der Waals surface area contributed by atoms with E-state index in [0.717, 1.165) is 51.2 Å². The van der Waals surface area contributed by atoms with Crippen LogP contribution in [0.4, 0.5) is 5.69 Å². The van der Waals surface area contributed by atoms with Crippen molar-refractivity contribution in [2.75, 3.05) is 50.7 Å². The minimum atomic E-state index is 0.271. The van der Waals surface area contributed by atoms with Crippen molar-refractivity contribution in [2.24, 2.45) is 0 Å². The van der Waals surface area contributed by atoms with Crippen LogP contribution in [-0.4, -0.2) is 66.5 Å². The number of aromatic nitrogens is 1. The number of carbonyl (C=O) groups excluding carboxylic acids is 1. The zero-order valence-corrected chi connectivity index (χ0v) is 18.1. The number of rotatable bonds is 4. The molecule has 0 bridgehead atoms. The Morgan fingerprint density at radius 1 is 0.967 bits per heavy atom. The first kappa shape index (κ1) is 19.5. The van der Waals surface area contributed by atoms with E-state index in [0.29, 0.717) is 12.5 Å². The van der Waals surface area contributed by atoms with Crippen molar-refractivity contribution in [1.82, 2.24) is 14.8 Å². The van der Waals surface area contributed by atoms with Crippen LogP contribution in [0.15, 0.2) is 54.6 Å². The van der Waals surface area contributed by atoms with Crippen molar-refractivity contribution in [3.63, 3.8) is 0 Å². The largest absolute Gasteiger partial charge is 0.368 e. The number of thiazole rings is 1. The molecule has 0 N–H and O–H groups in total. The predicted octanol–water partition coefficient (Wildman–Crippen LogP) is 3.82. The second-order valence-corrected chi connectivity index (χ2v) is 9.36. The van der Waals surface area contributed by atoms with Gasteiger partial charge in [0, 0.05) is 44.3 Å². The lowest BCUT2D eigenvalue weighted by Gasteiger charge is -2.38. The van der Waals surface area contributed by atoms with Crippen LogP contribution in [0.5, 0.6) is 0 Å². The minimum absolute atomic E-state index is 0.271. The molecule has 0 spiro atoms. The molecule has 0 unspecified atom stereocenters. The molecule has 1 atom stereocenters. The molecular weight excluding hydrogens is 392 g/mol. The van der Waals surface area contributed by atoms with Crippen LogP contribution in [0.1, 0.15) is 23.8 Å². The van der Waals surface area contributed by atoms with Gasteiger partial charge < -0.3 is 9.80 Å². The maximum absolute atomic E-state index is 12.9. The van der Waals surface area contributed by atoms with Crippen LogP contribution in [0.3, 0.4) is 0 Å².